The fraction of sp³-hybridized carbons (Fsp3) is 0.500. The van der Waals surface area contributed by atoms with Crippen molar-refractivity contribution < 1.29 is 13.2 Å². The Morgan fingerprint density at radius 2 is 1.97 bits per heavy atom. The third-order valence-electron chi connectivity index (χ3n) is 5.86. The number of rotatable bonds is 7. The maximum absolute atomic E-state index is 13.2. The fourth-order valence-electron chi connectivity index (χ4n) is 4.25. The lowest BCUT2D eigenvalue weighted by atomic mass is 9.85. The van der Waals surface area contributed by atoms with E-state index in [4.69, 9.17) is 0 Å². The maximum atomic E-state index is 13.2. The van der Waals surface area contributed by atoms with Crippen molar-refractivity contribution in [3.63, 3.8) is 0 Å². The van der Waals surface area contributed by atoms with Crippen molar-refractivity contribution in [2.24, 2.45) is 26.6 Å². The van der Waals surface area contributed by atoms with Crippen LogP contribution in [0.4, 0.5) is 5.13 Å². The Balaban J connectivity index is 1.75. The molecule has 0 saturated heterocycles. The van der Waals surface area contributed by atoms with Crippen molar-refractivity contribution in [1.29, 1.82) is 0 Å². The molecule has 164 valence electrons. The van der Waals surface area contributed by atoms with Crippen LogP contribution in [-0.4, -0.2) is 25.6 Å². The lowest BCUT2D eigenvalue weighted by molar-refractivity contribution is -0.118. The summed E-state index contributed by atoms with van der Waals surface area (Å²) < 4.78 is 24.9. The normalized spacial score (nSPS) is 19.0. The SMILES string of the molecule is CC1(c2cc(C(CC3CCCC3)C(=O)Nc3nccs3)ccc2S(C)(=O)=O)N=NN=N1. The molecule has 11 heteroatoms. The van der Waals surface area contributed by atoms with E-state index in [9.17, 15) is 13.2 Å². The first kappa shape index (κ1) is 21.7. The van der Waals surface area contributed by atoms with Crippen LogP contribution in [0.3, 0.4) is 0 Å². The molecule has 1 unspecified atom stereocenters. The van der Waals surface area contributed by atoms with Crippen LogP contribution in [0, 0.1) is 5.92 Å². The van der Waals surface area contributed by atoms with Gasteiger partial charge in [-0.25, -0.2) is 13.4 Å². The Kier molecular flexibility index (Phi) is 5.98. The Bertz CT molecular complexity index is 1110. The van der Waals surface area contributed by atoms with Gasteiger partial charge in [0.25, 0.3) is 0 Å². The van der Waals surface area contributed by atoms with Gasteiger partial charge in [-0.2, -0.15) is 0 Å². The topological polar surface area (TPSA) is 126 Å². The zero-order valence-electron chi connectivity index (χ0n) is 17.4. The smallest absolute Gasteiger partial charge is 0.233 e. The van der Waals surface area contributed by atoms with Crippen molar-refractivity contribution in [3.8, 4) is 0 Å². The molecule has 1 aliphatic heterocycles. The highest BCUT2D eigenvalue weighted by molar-refractivity contribution is 7.90. The second-order valence-electron chi connectivity index (χ2n) is 8.19. The highest BCUT2D eigenvalue weighted by Gasteiger charge is 2.36. The summed E-state index contributed by atoms with van der Waals surface area (Å²) in [5, 5.41) is 20.5. The number of carbonyl (C=O) groups excluding carboxylic acids is 1. The number of benzene rings is 1. The van der Waals surface area contributed by atoms with Crippen LogP contribution in [-0.2, 0) is 20.3 Å². The van der Waals surface area contributed by atoms with Gasteiger partial charge in [0.05, 0.1) is 10.8 Å². The number of amides is 1. The summed E-state index contributed by atoms with van der Waals surface area (Å²) in [6.45, 7) is 1.66. The maximum Gasteiger partial charge on any atom is 0.233 e. The molecule has 4 rings (SSSR count). The average molecular weight is 461 g/mol. The van der Waals surface area contributed by atoms with Crippen molar-refractivity contribution in [2.75, 3.05) is 11.6 Å². The summed E-state index contributed by atoms with van der Waals surface area (Å²) in [6.07, 6.45) is 8.00. The van der Waals surface area contributed by atoms with Gasteiger partial charge in [-0.05, 0) is 47.4 Å². The summed E-state index contributed by atoms with van der Waals surface area (Å²) in [6, 6.07) is 4.97. The Morgan fingerprint density at radius 3 is 2.58 bits per heavy atom. The molecule has 2 heterocycles. The van der Waals surface area contributed by atoms with Gasteiger partial charge in [-0.15, -0.1) is 21.6 Å². The van der Waals surface area contributed by atoms with E-state index in [0.717, 1.165) is 24.7 Å². The van der Waals surface area contributed by atoms with E-state index in [1.54, 1.807) is 30.6 Å². The third-order valence-corrected chi connectivity index (χ3v) is 7.70. The molecule has 0 radical (unpaired) electrons. The van der Waals surface area contributed by atoms with E-state index in [0.29, 0.717) is 23.0 Å². The minimum atomic E-state index is -3.55. The monoisotopic (exact) mass is 460 g/mol. The van der Waals surface area contributed by atoms with Gasteiger partial charge in [0.1, 0.15) is 0 Å². The lowest BCUT2D eigenvalue weighted by Gasteiger charge is -2.23. The number of carbonyl (C=O) groups is 1. The zero-order valence-corrected chi connectivity index (χ0v) is 19.0. The molecule has 2 aromatic rings. The quantitative estimate of drug-likeness (QED) is 0.633. The van der Waals surface area contributed by atoms with Crippen LogP contribution in [0.15, 0.2) is 55.3 Å². The van der Waals surface area contributed by atoms with Gasteiger partial charge in [0.2, 0.25) is 11.6 Å². The predicted octanol–water partition coefficient (Wildman–Crippen LogP) is 4.85. The Hall–Kier alpha value is -2.53. The number of hydrogen-bond acceptors (Lipinski definition) is 9. The molecule has 1 fully saturated rings. The second kappa shape index (κ2) is 8.54. The molecule has 0 bridgehead atoms. The van der Waals surface area contributed by atoms with Gasteiger partial charge in [0, 0.05) is 23.4 Å². The summed E-state index contributed by atoms with van der Waals surface area (Å²) in [4.78, 5) is 17.5. The molecule has 1 aromatic heterocycles. The highest BCUT2D eigenvalue weighted by Crippen LogP contribution is 2.40. The van der Waals surface area contributed by atoms with Crippen LogP contribution in [0.2, 0.25) is 0 Å². The predicted molar refractivity (Wildman–Crippen MR) is 117 cm³/mol. The molecule has 31 heavy (non-hydrogen) atoms. The van der Waals surface area contributed by atoms with Gasteiger partial charge < -0.3 is 5.32 Å². The van der Waals surface area contributed by atoms with Crippen LogP contribution >= 0.6 is 11.3 Å². The minimum Gasteiger partial charge on any atom is -0.301 e. The summed E-state index contributed by atoms with van der Waals surface area (Å²) in [7, 11) is -3.55. The fourth-order valence-corrected chi connectivity index (χ4v) is 5.75. The number of hydrogen-bond donors (Lipinski definition) is 1. The molecule has 9 nitrogen and oxygen atoms in total. The second-order valence-corrected chi connectivity index (χ2v) is 11.1. The number of anilines is 1. The van der Waals surface area contributed by atoms with Crippen LogP contribution in [0.5, 0.6) is 0 Å². The first-order valence-electron chi connectivity index (χ1n) is 10.2. The molecule has 0 spiro atoms. The lowest BCUT2D eigenvalue weighted by Crippen LogP contribution is -2.24. The van der Waals surface area contributed by atoms with E-state index < -0.39 is 21.4 Å². The number of nitrogens with one attached hydrogen (secondary N) is 1. The molecular weight excluding hydrogens is 436 g/mol. The number of nitrogens with zero attached hydrogens (tertiary/aromatic N) is 5. The average Bonchev–Trinajstić information content (AvgIpc) is 3.49. The number of thiazole rings is 1. The molecule has 1 aliphatic carbocycles. The molecule has 1 amide bonds. The molecular formula is C20H24N6O3S2. The van der Waals surface area contributed by atoms with E-state index in [1.807, 2.05) is 0 Å². The molecule has 1 N–H and O–H groups in total. The van der Waals surface area contributed by atoms with E-state index in [2.05, 4.69) is 31.0 Å². The van der Waals surface area contributed by atoms with Crippen molar-refractivity contribution in [1.82, 2.24) is 4.98 Å². The minimum absolute atomic E-state index is 0.110. The van der Waals surface area contributed by atoms with Gasteiger partial charge in [0.15, 0.2) is 15.0 Å². The third kappa shape index (κ3) is 4.72. The van der Waals surface area contributed by atoms with Crippen LogP contribution in [0.1, 0.15) is 56.1 Å². The van der Waals surface area contributed by atoms with Crippen molar-refractivity contribution in [3.05, 3.63) is 40.9 Å². The Morgan fingerprint density at radius 1 is 1.26 bits per heavy atom. The summed E-state index contributed by atoms with van der Waals surface area (Å²) >= 11 is 1.36. The molecule has 1 aromatic carbocycles. The van der Waals surface area contributed by atoms with Gasteiger partial charge in [-0.1, -0.05) is 31.7 Å². The summed E-state index contributed by atoms with van der Waals surface area (Å²) in [5.41, 5.74) is -0.143. The van der Waals surface area contributed by atoms with E-state index >= 15 is 0 Å². The first-order chi connectivity index (χ1) is 14.8. The van der Waals surface area contributed by atoms with Crippen molar-refractivity contribution in [2.45, 2.75) is 55.5 Å². The largest absolute Gasteiger partial charge is 0.301 e. The summed E-state index contributed by atoms with van der Waals surface area (Å²) in [5.74, 6) is -0.149. The highest BCUT2D eigenvalue weighted by atomic mass is 32.2. The molecule has 1 saturated carbocycles. The molecule has 1 atom stereocenters. The number of sulfone groups is 1. The number of aromatic nitrogens is 1. The first-order valence-corrected chi connectivity index (χ1v) is 12.9. The van der Waals surface area contributed by atoms with Crippen molar-refractivity contribution >= 4 is 32.2 Å². The zero-order chi connectivity index (χ0) is 22.1. The van der Waals surface area contributed by atoms with E-state index in [-0.39, 0.29) is 10.8 Å². The van der Waals surface area contributed by atoms with E-state index in [1.165, 1.54) is 30.2 Å². The standard InChI is InChI=1S/C20H24N6O3S2/c1-20(23-25-26-24-20)16-12-14(7-8-17(16)31(2,28)29)15(11-13-5-3-4-6-13)18(27)22-19-21-9-10-30-19/h7-10,12-13,15H,3-6,11H2,1-2H3,(H,21,22,27). The van der Waals surface area contributed by atoms with Crippen LogP contribution < -0.4 is 5.32 Å². The Labute approximate surface area is 185 Å². The van der Waals surface area contributed by atoms with Gasteiger partial charge >= 0.3 is 0 Å². The van der Waals surface area contributed by atoms with Crippen LogP contribution in [0.25, 0.3) is 0 Å². The molecule has 2 aliphatic rings. The van der Waals surface area contributed by atoms with Gasteiger partial charge in [-0.3, -0.25) is 4.79 Å².